The molecule has 0 radical (unpaired) electrons. The summed E-state index contributed by atoms with van der Waals surface area (Å²) in [7, 11) is 0. The molecule has 0 amide bonds. The van der Waals surface area contributed by atoms with Crippen LogP contribution >= 0.6 is 0 Å². The van der Waals surface area contributed by atoms with Crippen molar-refractivity contribution in [2.75, 3.05) is 0 Å². The lowest BCUT2D eigenvalue weighted by Gasteiger charge is -2.14. The van der Waals surface area contributed by atoms with Crippen LogP contribution in [-0.2, 0) is 12.8 Å². The van der Waals surface area contributed by atoms with E-state index in [2.05, 4.69) is 12.1 Å². The Hall–Kier alpha value is -0.790. The summed E-state index contributed by atoms with van der Waals surface area (Å²) in [6.07, 6.45) is 5.30. The monoisotopic (exact) mass is 137 g/mol. The molecule has 1 aliphatic rings. The van der Waals surface area contributed by atoms with E-state index >= 15 is 0 Å². The number of rotatable bonds is 0. The van der Waals surface area contributed by atoms with E-state index in [4.69, 9.17) is 4.52 Å². The van der Waals surface area contributed by atoms with E-state index in [1.807, 2.05) is 0 Å². The zero-order valence-electron chi connectivity index (χ0n) is 6.13. The summed E-state index contributed by atoms with van der Waals surface area (Å²) in [6, 6.07) is 0. The number of aryl methyl sites for hydroxylation is 1. The van der Waals surface area contributed by atoms with E-state index in [1.165, 1.54) is 17.7 Å². The van der Waals surface area contributed by atoms with Gasteiger partial charge in [-0.1, -0.05) is 12.1 Å². The normalized spacial score (nSPS) is 24.3. The van der Waals surface area contributed by atoms with Crippen LogP contribution in [0.3, 0.4) is 0 Å². The van der Waals surface area contributed by atoms with Gasteiger partial charge in [0, 0.05) is 5.56 Å². The van der Waals surface area contributed by atoms with Crippen molar-refractivity contribution in [1.29, 1.82) is 0 Å². The lowest BCUT2D eigenvalue weighted by Crippen LogP contribution is -2.09. The van der Waals surface area contributed by atoms with Gasteiger partial charge < -0.3 is 4.52 Å². The number of aromatic nitrogens is 1. The van der Waals surface area contributed by atoms with Crippen molar-refractivity contribution in [2.45, 2.75) is 26.2 Å². The molecule has 0 aliphatic heterocycles. The molecule has 1 atom stereocenters. The summed E-state index contributed by atoms with van der Waals surface area (Å²) in [5.74, 6) is 0.812. The van der Waals surface area contributed by atoms with Crippen LogP contribution in [-0.4, -0.2) is 5.16 Å². The summed E-state index contributed by atoms with van der Waals surface area (Å²) in [5.41, 5.74) is 2.50. The topological polar surface area (TPSA) is 26.0 Å². The molecule has 1 aliphatic carbocycles. The summed E-state index contributed by atoms with van der Waals surface area (Å²) in [5, 5.41) is 3.92. The van der Waals surface area contributed by atoms with E-state index in [0.717, 1.165) is 18.8 Å². The molecule has 0 saturated carbocycles. The molecule has 0 bridgehead atoms. The Bertz CT molecular complexity index is 229. The second-order valence-electron chi connectivity index (χ2n) is 3.13. The average Bonchev–Trinajstić information content (AvgIpc) is 2.33. The maximum atomic E-state index is 4.87. The fraction of sp³-hybridized carbons (Fsp3) is 0.625. The quantitative estimate of drug-likeness (QED) is 0.545. The molecule has 0 spiro atoms. The predicted octanol–water partition coefficient (Wildman–Crippen LogP) is 1.80. The van der Waals surface area contributed by atoms with Crippen molar-refractivity contribution in [3.8, 4) is 0 Å². The molecule has 1 heterocycles. The van der Waals surface area contributed by atoms with Gasteiger partial charge in [0.15, 0.2) is 0 Å². The number of hydrogen-bond acceptors (Lipinski definition) is 2. The Morgan fingerprint density at radius 1 is 1.70 bits per heavy atom. The highest BCUT2D eigenvalue weighted by Crippen LogP contribution is 2.23. The van der Waals surface area contributed by atoms with Gasteiger partial charge >= 0.3 is 0 Å². The van der Waals surface area contributed by atoms with Gasteiger partial charge in [-0.2, -0.15) is 0 Å². The van der Waals surface area contributed by atoms with Gasteiger partial charge in [-0.25, -0.2) is 0 Å². The van der Waals surface area contributed by atoms with E-state index < -0.39 is 0 Å². The first-order valence-corrected chi connectivity index (χ1v) is 3.78. The summed E-state index contributed by atoms with van der Waals surface area (Å²) in [6.45, 7) is 2.27. The highest BCUT2D eigenvalue weighted by Gasteiger charge is 2.17. The third-order valence-corrected chi connectivity index (χ3v) is 2.17. The first-order chi connectivity index (χ1) is 4.86. The molecule has 2 heteroatoms. The van der Waals surface area contributed by atoms with Crippen molar-refractivity contribution in [2.24, 2.45) is 5.92 Å². The van der Waals surface area contributed by atoms with Crippen molar-refractivity contribution < 1.29 is 4.52 Å². The van der Waals surface area contributed by atoms with Crippen molar-refractivity contribution in [3.05, 3.63) is 17.5 Å². The second kappa shape index (κ2) is 2.11. The van der Waals surface area contributed by atoms with E-state index in [9.17, 15) is 0 Å². The molecular weight excluding hydrogens is 126 g/mol. The Morgan fingerprint density at radius 3 is 3.50 bits per heavy atom. The summed E-state index contributed by atoms with van der Waals surface area (Å²) in [4.78, 5) is 0. The van der Waals surface area contributed by atoms with Crippen molar-refractivity contribution >= 4 is 0 Å². The molecule has 2 nitrogen and oxygen atoms in total. The molecule has 0 aromatic carbocycles. The van der Waals surface area contributed by atoms with Gasteiger partial charge in [-0.3, -0.25) is 0 Å². The van der Waals surface area contributed by atoms with Gasteiger partial charge in [0.05, 0.1) is 5.69 Å². The van der Waals surface area contributed by atoms with Crippen LogP contribution in [0.25, 0.3) is 0 Å². The minimum absolute atomic E-state index is 0.812. The standard InChI is InChI=1S/C8H11NO/c1-6-2-3-8-7(4-6)5-10-9-8/h5-6H,2-4H2,1H3. The fourth-order valence-electron chi connectivity index (χ4n) is 1.51. The van der Waals surface area contributed by atoms with Crippen LogP contribution in [0.5, 0.6) is 0 Å². The first-order valence-electron chi connectivity index (χ1n) is 3.78. The van der Waals surface area contributed by atoms with Crippen LogP contribution in [0.2, 0.25) is 0 Å². The molecular formula is C8H11NO. The first kappa shape index (κ1) is 5.96. The molecule has 0 N–H and O–H groups in total. The maximum Gasteiger partial charge on any atom is 0.127 e. The Labute approximate surface area is 60.2 Å². The SMILES string of the molecule is CC1CCc2nocc2C1. The Kier molecular flexibility index (Phi) is 1.26. The van der Waals surface area contributed by atoms with Crippen LogP contribution in [0.4, 0.5) is 0 Å². The minimum atomic E-state index is 0.812. The van der Waals surface area contributed by atoms with E-state index in [-0.39, 0.29) is 0 Å². The number of hydrogen-bond donors (Lipinski definition) is 0. The fourth-order valence-corrected chi connectivity index (χ4v) is 1.51. The van der Waals surface area contributed by atoms with E-state index in [0.29, 0.717) is 0 Å². The largest absolute Gasteiger partial charge is 0.364 e. The van der Waals surface area contributed by atoms with Crippen LogP contribution in [0.1, 0.15) is 24.6 Å². The lowest BCUT2D eigenvalue weighted by molar-refractivity contribution is 0.409. The Morgan fingerprint density at radius 2 is 2.60 bits per heavy atom. The summed E-state index contributed by atoms with van der Waals surface area (Å²) < 4.78 is 4.87. The van der Waals surface area contributed by atoms with Crippen LogP contribution < -0.4 is 0 Å². The molecule has 1 unspecified atom stereocenters. The van der Waals surface area contributed by atoms with Gasteiger partial charge in [-0.15, -0.1) is 0 Å². The number of nitrogens with zero attached hydrogens (tertiary/aromatic N) is 1. The predicted molar refractivity (Wildman–Crippen MR) is 37.7 cm³/mol. The van der Waals surface area contributed by atoms with Gasteiger partial charge in [-0.05, 0) is 25.2 Å². The molecule has 0 fully saturated rings. The van der Waals surface area contributed by atoms with Gasteiger partial charge in [0.1, 0.15) is 6.26 Å². The molecule has 1 aromatic rings. The lowest BCUT2D eigenvalue weighted by atomic mass is 9.90. The Balaban J connectivity index is 2.30. The zero-order valence-corrected chi connectivity index (χ0v) is 6.13. The average molecular weight is 137 g/mol. The highest BCUT2D eigenvalue weighted by atomic mass is 16.5. The minimum Gasteiger partial charge on any atom is -0.364 e. The zero-order chi connectivity index (χ0) is 6.97. The second-order valence-corrected chi connectivity index (χ2v) is 3.13. The molecule has 54 valence electrons. The van der Waals surface area contributed by atoms with Gasteiger partial charge in [0.25, 0.3) is 0 Å². The smallest absolute Gasteiger partial charge is 0.127 e. The molecule has 1 aromatic heterocycles. The van der Waals surface area contributed by atoms with Crippen LogP contribution in [0.15, 0.2) is 10.8 Å². The molecule has 0 saturated heterocycles. The number of fused-ring (bicyclic) bond motifs is 1. The summed E-state index contributed by atoms with van der Waals surface area (Å²) >= 11 is 0. The van der Waals surface area contributed by atoms with Crippen molar-refractivity contribution in [3.63, 3.8) is 0 Å². The maximum absolute atomic E-state index is 4.87. The van der Waals surface area contributed by atoms with Gasteiger partial charge in [0.2, 0.25) is 0 Å². The van der Waals surface area contributed by atoms with E-state index in [1.54, 1.807) is 6.26 Å². The molecule has 2 rings (SSSR count). The third-order valence-electron chi connectivity index (χ3n) is 2.17. The third kappa shape index (κ3) is 0.838. The van der Waals surface area contributed by atoms with Crippen LogP contribution in [0, 0.1) is 5.92 Å². The molecule has 10 heavy (non-hydrogen) atoms. The highest BCUT2D eigenvalue weighted by molar-refractivity contribution is 5.17. The van der Waals surface area contributed by atoms with Crippen molar-refractivity contribution in [1.82, 2.24) is 5.16 Å².